The van der Waals surface area contributed by atoms with Gasteiger partial charge < -0.3 is 4.74 Å². The number of halogens is 4. The molecule has 0 aliphatic heterocycles. The van der Waals surface area contributed by atoms with Gasteiger partial charge in [-0.15, -0.1) is 0 Å². The van der Waals surface area contributed by atoms with E-state index < -0.39 is 16.1 Å². The molecule has 138 valence electrons. The molecule has 2 aliphatic rings. The molecule has 0 amide bonds. The van der Waals surface area contributed by atoms with Crippen LogP contribution in [0.2, 0.25) is 0 Å². The largest absolute Gasteiger partial charge is 0.462 e. The molecule has 1 aromatic carbocycles. The first-order valence-electron chi connectivity index (χ1n) is 7.61. The van der Waals surface area contributed by atoms with E-state index >= 15 is 0 Å². The normalized spacial score (nSPS) is 25.4. The lowest BCUT2D eigenvalue weighted by Gasteiger charge is -2.22. The number of hydrogen-bond donors (Lipinski definition) is 1. The molecule has 0 aromatic heterocycles. The smallest absolute Gasteiger partial charge is 0.310 e. The number of carbonyl (C=O) groups is 1. The maximum absolute atomic E-state index is 12.5. The van der Waals surface area contributed by atoms with Gasteiger partial charge in [0.15, 0.2) is 0 Å². The van der Waals surface area contributed by atoms with Crippen LogP contribution in [0.15, 0.2) is 4.90 Å². The summed E-state index contributed by atoms with van der Waals surface area (Å²) in [4.78, 5) is 12.3. The second-order valence-corrected chi connectivity index (χ2v) is 12.1. The van der Waals surface area contributed by atoms with Gasteiger partial charge in [0, 0.05) is 14.3 Å². The molecule has 3 rings (SSSR count). The summed E-state index contributed by atoms with van der Waals surface area (Å²) in [5, 5.41) is 0. The van der Waals surface area contributed by atoms with Crippen molar-refractivity contribution in [3.8, 4) is 0 Å². The molecule has 1 aromatic rings. The Bertz CT molecular complexity index is 839. The summed E-state index contributed by atoms with van der Waals surface area (Å²) in [6, 6.07) is 0. The van der Waals surface area contributed by atoms with E-state index in [2.05, 4.69) is 45.2 Å². The third kappa shape index (κ3) is 4.42. The first kappa shape index (κ1) is 21.2. The van der Waals surface area contributed by atoms with Crippen LogP contribution < -0.4 is 0 Å². The van der Waals surface area contributed by atoms with Crippen LogP contribution in [0.1, 0.15) is 31.2 Å². The Kier molecular flexibility index (Phi) is 6.88. The SMILES string of the molecule is O=C(Cc1c(I)c(I)c(I)c(I)c1S(=O)(=O)O)OC1CC2CCC1C2. The van der Waals surface area contributed by atoms with Crippen molar-refractivity contribution in [2.75, 3.05) is 0 Å². The molecule has 2 aliphatic carbocycles. The number of esters is 1. The number of hydrogen-bond acceptors (Lipinski definition) is 4. The summed E-state index contributed by atoms with van der Waals surface area (Å²) in [7, 11) is -4.44. The molecule has 0 spiro atoms. The van der Waals surface area contributed by atoms with Crippen molar-refractivity contribution in [3.63, 3.8) is 0 Å². The van der Waals surface area contributed by atoms with E-state index in [1.807, 2.05) is 45.2 Å². The Morgan fingerprint density at radius 1 is 1.04 bits per heavy atom. The zero-order valence-electron chi connectivity index (χ0n) is 12.8. The lowest BCUT2D eigenvalue weighted by atomic mass is 9.98. The lowest BCUT2D eigenvalue weighted by Crippen LogP contribution is -2.26. The summed E-state index contributed by atoms with van der Waals surface area (Å²) < 4.78 is 41.9. The highest BCUT2D eigenvalue weighted by Crippen LogP contribution is 2.46. The van der Waals surface area contributed by atoms with Crippen LogP contribution in [0.5, 0.6) is 0 Å². The maximum atomic E-state index is 12.5. The number of rotatable bonds is 4. The number of benzene rings is 1. The molecule has 10 heteroatoms. The fourth-order valence-electron chi connectivity index (χ4n) is 3.77. The van der Waals surface area contributed by atoms with E-state index in [-0.39, 0.29) is 17.4 Å². The molecule has 2 bridgehead atoms. The van der Waals surface area contributed by atoms with Crippen molar-refractivity contribution >= 4 is 106 Å². The van der Waals surface area contributed by atoms with Crippen LogP contribution in [0.4, 0.5) is 0 Å². The third-order valence-corrected chi connectivity index (χ3v) is 13.7. The van der Waals surface area contributed by atoms with Gasteiger partial charge in [-0.3, -0.25) is 9.35 Å². The van der Waals surface area contributed by atoms with Crippen molar-refractivity contribution in [2.45, 2.75) is 43.1 Å². The van der Waals surface area contributed by atoms with Gasteiger partial charge in [0.25, 0.3) is 10.1 Å². The Morgan fingerprint density at radius 2 is 1.68 bits per heavy atom. The first-order chi connectivity index (χ1) is 11.6. The molecule has 25 heavy (non-hydrogen) atoms. The van der Waals surface area contributed by atoms with E-state index in [0.29, 0.717) is 24.5 Å². The second kappa shape index (κ2) is 8.10. The highest BCUT2D eigenvalue weighted by molar-refractivity contribution is 14.1. The summed E-state index contributed by atoms with van der Waals surface area (Å²) in [6.07, 6.45) is 4.18. The van der Waals surface area contributed by atoms with Gasteiger partial charge in [0.05, 0.1) is 6.42 Å². The Balaban J connectivity index is 1.90. The first-order valence-corrected chi connectivity index (χ1v) is 13.4. The van der Waals surface area contributed by atoms with Crippen molar-refractivity contribution in [1.29, 1.82) is 0 Å². The van der Waals surface area contributed by atoms with Crippen LogP contribution in [0, 0.1) is 26.1 Å². The minimum absolute atomic E-state index is 0.0416. The fraction of sp³-hybridized carbons (Fsp3) is 0.533. The Hall–Kier alpha value is 1.52. The van der Waals surface area contributed by atoms with E-state index in [4.69, 9.17) is 4.74 Å². The predicted octanol–water partition coefficient (Wildman–Crippen LogP) is 4.63. The van der Waals surface area contributed by atoms with Gasteiger partial charge in [-0.05, 0) is 133 Å². The summed E-state index contributed by atoms with van der Waals surface area (Å²) in [5.74, 6) is 0.691. The van der Waals surface area contributed by atoms with Gasteiger partial charge in [-0.25, -0.2) is 0 Å². The molecule has 1 N–H and O–H groups in total. The maximum Gasteiger partial charge on any atom is 0.310 e. The molecular formula is C15H14I4O5S. The quantitative estimate of drug-likeness (QED) is 0.158. The van der Waals surface area contributed by atoms with E-state index in [1.165, 1.54) is 6.42 Å². The Labute approximate surface area is 201 Å². The zero-order chi connectivity index (χ0) is 18.5. The number of carbonyl (C=O) groups excluding carboxylic acids is 1. The number of ether oxygens (including phenoxy) is 1. The van der Waals surface area contributed by atoms with Gasteiger partial charge in [-0.2, -0.15) is 8.42 Å². The average molecular weight is 814 g/mol. The average Bonchev–Trinajstić information content (AvgIpc) is 3.12. The highest BCUT2D eigenvalue weighted by Gasteiger charge is 2.42. The van der Waals surface area contributed by atoms with Crippen LogP contribution in [0.25, 0.3) is 0 Å². The van der Waals surface area contributed by atoms with E-state index in [0.717, 1.165) is 26.4 Å². The summed E-state index contributed by atoms with van der Waals surface area (Å²) >= 11 is 8.11. The monoisotopic (exact) mass is 814 g/mol. The highest BCUT2D eigenvalue weighted by atomic mass is 127. The van der Waals surface area contributed by atoms with Crippen molar-refractivity contribution in [1.82, 2.24) is 0 Å². The van der Waals surface area contributed by atoms with Crippen molar-refractivity contribution in [3.05, 3.63) is 19.8 Å². The molecule has 2 saturated carbocycles. The van der Waals surface area contributed by atoms with Gasteiger partial charge in [0.1, 0.15) is 11.0 Å². The van der Waals surface area contributed by atoms with Crippen molar-refractivity contribution < 1.29 is 22.5 Å². The topological polar surface area (TPSA) is 80.7 Å². The van der Waals surface area contributed by atoms with Crippen LogP contribution in [-0.4, -0.2) is 25.0 Å². The molecule has 2 fully saturated rings. The molecule has 0 heterocycles. The minimum atomic E-state index is -4.44. The van der Waals surface area contributed by atoms with E-state index in [1.54, 1.807) is 0 Å². The minimum Gasteiger partial charge on any atom is -0.462 e. The predicted molar refractivity (Wildman–Crippen MR) is 126 cm³/mol. The fourth-order valence-corrected chi connectivity index (χ4v) is 9.28. The van der Waals surface area contributed by atoms with E-state index in [9.17, 15) is 17.8 Å². The summed E-state index contributed by atoms with van der Waals surface area (Å²) in [6.45, 7) is 0. The Morgan fingerprint density at radius 3 is 2.20 bits per heavy atom. The number of fused-ring (bicyclic) bond motifs is 2. The lowest BCUT2D eigenvalue weighted by molar-refractivity contribution is -0.150. The van der Waals surface area contributed by atoms with Gasteiger partial charge in [-0.1, -0.05) is 0 Å². The van der Waals surface area contributed by atoms with Crippen molar-refractivity contribution in [2.24, 2.45) is 11.8 Å². The molecule has 0 radical (unpaired) electrons. The van der Waals surface area contributed by atoms with Crippen LogP contribution >= 0.6 is 90.4 Å². The molecule has 3 atom stereocenters. The standard InChI is InChI=1S/C15H14I4O5S/c16-11-8(15(25(21,22)23)14(19)13(18)12(11)17)5-10(20)24-9-4-6-1-2-7(9)3-6/h6-7,9H,1-5H2,(H,21,22,23). The third-order valence-electron chi connectivity index (χ3n) is 4.85. The molecular weight excluding hydrogens is 800 g/mol. The second-order valence-electron chi connectivity index (χ2n) is 6.42. The van der Waals surface area contributed by atoms with Crippen LogP contribution in [0.3, 0.4) is 0 Å². The molecule has 0 saturated heterocycles. The molecule has 5 nitrogen and oxygen atoms in total. The van der Waals surface area contributed by atoms with Gasteiger partial charge in [0.2, 0.25) is 0 Å². The molecule has 3 unspecified atom stereocenters. The van der Waals surface area contributed by atoms with Gasteiger partial charge >= 0.3 is 5.97 Å². The zero-order valence-corrected chi connectivity index (χ0v) is 22.2. The summed E-state index contributed by atoms with van der Waals surface area (Å²) in [5.41, 5.74) is 0.325. The van der Waals surface area contributed by atoms with Crippen LogP contribution in [-0.2, 0) is 26.1 Å².